The summed E-state index contributed by atoms with van der Waals surface area (Å²) in [5.41, 5.74) is 3.10. The van der Waals surface area contributed by atoms with Crippen LogP contribution in [0.5, 0.6) is 0 Å². The van der Waals surface area contributed by atoms with Crippen LogP contribution in [0.25, 0.3) is 0 Å². The molecule has 0 bridgehead atoms. The maximum atomic E-state index is 13.6. The zero-order valence-electron chi connectivity index (χ0n) is 20.7. The molecule has 4 N–H and O–H groups in total. The Kier molecular flexibility index (Phi) is 9.36. The van der Waals surface area contributed by atoms with Crippen molar-refractivity contribution in [2.75, 3.05) is 6.61 Å². The summed E-state index contributed by atoms with van der Waals surface area (Å²) >= 11 is 0. The van der Waals surface area contributed by atoms with Gasteiger partial charge in [0.05, 0.1) is 18.2 Å². The molecule has 0 heterocycles. The van der Waals surface area contributed by atoms with E-state index >= 15 is 0 Å². The molecule has 2 aromatic rings. The van der Waals surface area contributed by atoms with Gasteiger partial charge in [-0.05, 0) is 54.2 Å². The highest BCUT2D eigenvalue weighted by Crippen LogP contribution is 2.34. The fraction of sp³-hybridized carbons (Fsp3) is 0.567. The maximum absolute atomic E-state index is 13.6. The number of carbonyl (C=O) groups is 1. The van der Waals surface area contributed by atoms with Gasteiger partial charge < -0.3 is 20.6 Å². The molecule has 190 valence electrons. The molecule has 35 heavy (non-hydrogen) atoms. The third-order valence-corrected chi connectivity index (χ3v) is 8.13. The number of aliphatic hydroxyl groups excluding tert-OH is 3. The summed E-state index contributed by atoms with van der Waals surface area (Å²) in [5.74, 6) is 0.0439. The molecule has 5 nitrogen and oxygen atoms in total. The van der Waals surface area contributed by atoms with Gasteiger partial charge in [0.1, 0.15) is 0 Å². The van der Waals surface area contributed by atoms with Crippen LogP contribution in [0.4, 0.5) is 0 Å². The SMILES string of the molecule is O=C(N[C@H]1c2ccccc2C[C@H]1O)[C@H](Cc1ccccc1)C[C@H](O)[C@@H](CCO)CC1CCCCC1. The Labute approximate surface area is 209 Å². The van der Waals surface area contributed by atoms with E-state index < -0.39 is 24.2 Å². The molecule has 0 radical (unpaired) electrons. The third-order valence-electron chi connectivity index (χ3n) is 8.13. The zero-order valence-corrected chi connectivity index (χ0v) is 20.7. The van der Waals surface area contributed by atoms with Gasteiger partial charge in [-0.25, -0.2) is 0 Å². The number of hydrogen-bond acceptors (Lipinski definition) is 4. The van der Waals surface area contributed by atoms with Crippen molar-refractivity contribution < 1.29 is 20.1 Å². The largest absolute Gasteiger partial charge is 0.396 e. The number of aliphatic hydroxyl groups is 3. The molecule has 5 atom stereocenters. The smallest absolute Gasteiger partial charge is 0.224 e. The van der Waals surface area contributed by atoms with Crippen molar-refractivity contribution in [3.63, 3.8) is 0 Å². The summed E-state index contributed by atoms with van der Waals surface area (Å²) < 4.78 is 0. The van der Waals surface area contributed by atoms with Gasteiger partial charge in [-0.1, -0.05) is 86.7 Å². The molecule has 2 aromatic carbocycles. The summed E-state index contributed by atoms with van der Waals surface area (Å²) in [6.45, 7) is 0.0506. The van der Waals surface area contributed by atoms with Gasteiger partial charge in [0.2, 0.25) is 5.91 Å². The maximum Gasteiger partial charge on any atom is 0.224 e. The van der Waals surface area contributed by atoms with Crippen LogP contribution in [0.15, 0.2) is 54.6 Å². The molecule has 0 unspecified atom stereocenters. The molecule has 0 saturated heterocycles. The first-order valence-corrected chi connectivity index (χ1v) is 13.4. The number of nitrogens with one attached hydrogen (secondary N) is 1. The lowest BCUT2D eigenvalue weighted by Gasteiger charge is -2.31. The second kappa shape index (κ2) is 12.7. The highest BCUT2D eigenvalue weighted by molar-refractivity contribution is 5.79. The fourth-order valence-electron chi connectivity index (χ4n) is 6.17. The van der Waals surface area contributed by atoms with Crippen molar-refractivity contribution in [3.05, 3.63) is 71.3 Å². The fourth-order valence-corrected chi connectivity index (χ4v) is 6.17. The number of benzene rings is 2. The quantitative estimate of drug-likeness (QED) is 0.386. The molecule has 0 aliphatic heterocycles. The number of fused-ring (bicyclic) bond motifs is 1. The van der Waals surface area contributed by atoms with E-state index in [2.05, 4.69) is 5.32 Å². The predicted molar refractivity (Wildman–Crippen MR) is 138 cm³/mol. The molecule has 5 heteroatoms. The van der Waals surface area contributed by atoms with Crippen molar-refractivity contribution in [3.8, 4) is 0 Å². The van der Waals surface area contributed by atoms with E-state index in [0.717, 1.165) is 23.1 Å². The topological polar surface area (TPSA) is 89.8 Å². The van der Waals surface area contributed by atoms with Gasteiger partial charge in [0, 0.05) is 18.9 Å². The zero-order chi connectivity index (χ0) is 24.6. The van der Waals surface area contributed by atoms with Crippen LogP contribution in [0.1, 0.15) is 74.1 Å². The van der Waals surface area contributed by atoms with Gasteiger partial charge >= 0.3 is 0 Å². The normalized spacial score (nSPS) is 22.8. The minimum atomic E-state index is -0.649. The van der Waals surface area contributed by atoms with Gasteiger partial charge in [-0.2, -0.15) is 0 Å². The van der Waals surface area contributed by atoms with Crippen molar-refractivity contribution in [2.24, 2.45) is 17.8 Å². The summed E-state index contributed by atoms with van der Waals surface area (Å²) in [6.07, 6.45) is 7.77. The molecule has 1 saturated carbocycles. The molecule has 0 aromatic heterocycles. The second-order valence-electron chi connectivity index (χ2n) is 10.7. The van der Waals surface area contributed by atoms with Gasteiger partial charge in [-0.3, -0.25) is 4.79 Å². The third kappa shape index (κ3) is 6.93. The minimum Gasteiger partial charge on any atom is -0.396 e. The van der Waals surface area contributed by atoms with Crippen molar-refractivity contribution in [2.45, 2.75) is 82.5 Å². The van der Waals surface area contributed by atoms with E-state index in [9.17, 15) is 20.1 Å². The van der Waals surface area contributed by atoms with E-state index in [1.54, 1.807) is 0 Å². The van der Waals surface area contributed by atoms with Crippen molar-refractivity contribution in [1.29, 1.82) is 0 Å². The Balaban J connectivity index is 1.47. The number of rotatable bonds is 11. The Morgan fingerprint density at radius 2 is 1.71 bits per heavy atom. The lowest BCUT2D eigenvalue weighted by molar-refractivity contribution is -0.128. The second-order valence-corrected chi connectivity index (χ2v) is 10.7. The van der Waals surface area contributed by atoms with E-state index in [1.807, 2.05) is 54.6 Å². The molecule has 2 aliphatic rings. The number of amides is 1. The number of hydrogen-bond donors (Lipinski definition) is 4. The van der Waals surface area contributed by atoms with Gasteiger partial charge in [0.15, 0.2) is 0 Å². The van der Waals surface area contributed by atoms with E-state index in [1.165, 1.54) is 32.1 Å². The van der Waals surface area contributed by atoms with Crippen LogP contribution in [0, 0.1) is 17.8 Å². The van der Waals surface area contributed by atoms with Crippen LogP contribution >= 0.6 is 0 Å². The summed E-state index contributed by atoms with van der Waals surface area (Å²) in [4.78, 5) is 13.6. The predicted octanol–water partition coefficient (Wildman–Crippen LogP) is 4.34. The summed E-state index contributed by atoms with van der Waals surface area (Å²) in [6, 6.07) is 17.4. The molecule has 0 spiro atoms. The first kappa shape index (κ1) is 25.9. The van der Waals surface area contributed by atoms with Crippen molar-refractivity contribution in [1.82, 2.24) is 5.32 Å². The van der Waals surface area contributed by atoms with Crippen LogP contribution in [0.2, 0.25) is 0 Å². The van der Waals surface area contributed by atoms with Crippen LogP contribution in [-0.2, 0) is 17.6 Å². The van der Waals surface area contributed by atoms with Gasteiger partial charge in [-0.15, -0.1) is 0 Å². The van der Waals surface area contributed by atoms with Crippen molar-refractivity contribution >= 4 is 5.91 Å². The van der Waals surface area contributed by atoms with Crippen LogP contribution < -0.4 is 5.32 Å². The van der Waals surface area contributed by atoms with E-state index in [0.29, 0.717) is 31.6 Å². The molecule has 1 fully saturated rings. The molecule has 4 rings (SSSR count). The Bertz CT molecular complexity index is 927. The number of carbonyl (C=O) groups excluding carboxylic acids is 1. The molecule has 1 amide bonds. The lowest BCUT2D eigenvalue weighted by Crippen LogP contribution is -2.40. The lowest BCUT2D eigenvalue weighted by atomic mass is 9.78. The monoisotopic (exact) mass is 479 g/mol. The van der Waals surface area contributed by atoms with E-state index in [-0.39, 0.29) is 18.4 Å². The van der Waals surface area contributed by atoms with E-state index in [4.69, 9.17) is 0 Å². The van der Waals surface area contributed by atoms with Gasteiger partial charge in [0.25, 0.3) is 0 Å². The Hall–Kier alpha value is -2.21. The summed E-state index contributed by atoms with van der Waals surface area (Å²) in [7, 11) is 0. The highest BCUT2D eigenvalue weighted by Gasteiger charge is 2.35. The standard InChI is InChI=1S/C30H41NO4/c32-16-15-24(17-21-9-3-1-4-10-21)27(33)20-25(18-22-11-5-2-6-12-22)30(35)31-29-26-14-8-7-13-23(26)19-28(29)34/h2,5-8,11-14,21,24-25,27-29,32-34H,1,3-4,9-10,15-20H2,(H,31,35)/t24-,25+,27-,28+,29-/m0/s1. The minimum absolute atomic E-state index is 0.00744. The average Bonchev–Trinajstić information content (AvgIpc) is 3.19. The molecule has 2 aliphatic carbocycles. The Morgan fingerprint density at radius 1 is 1.00 bits per heavy atom. The van der Waals surface area contributed by atoms with Crippen LogP contribution in [0.3, 0.4) is 0 Å². The highest BCUT2D eigenvalue weighted by atomic mass is 16.3. The first-order chi connectivity index (χ1) is 17.0. The molecular weight excluding hydrogens is 438 g/mol. The Morgan fingerprint density at radius 3 is 2.46 bits per heavy atom. The molecular formula is C30H41NO4. The van der Waals surface area contributed by atoms with Crippen LogP contribution in [-0.4, -0.2) is 40.0 Å². The average molecular weight is 480 g/mol. The summed E-state index contributed by atoms with van der Waals surface area (Å²) in [5, 5.41) is 34.8. The first-order valence-electron chi connectivity index (χ1n) is 13.4.